The molecule has 1 atom stereocenters. The van der Waals surface area contributed by atoms with Gasteiger partial charge in [0.15, 0.2) is 0 Å². The number of Topliss-reactive ketones (excluding diaryl/α,β-unsaturated/α-hetero) is 1. The molecule has 0 bridgehead atoms. The zero-order valence-corrected chi connectivity index (χ0v) is 16.7. The highest BCUT2D eigenvalue weighted by atomic mass is 16.5. The van der Waals surface area contributed by atoms with Gasteiger partial charge in [-0.1, -0.05) is 48.0 Å². The summed E-state index contributed by atoms with van der Waals surface area (Å²) in [5.74, 6) is -0.603. The maximum absolute atomic E-state index is 13.0. The van der Waals surface area contributed by atoms with Crippen LogP contribution in [0.4, 0.5) is 0 Å². The Morgan fingerprint density at radius 3 is 2.47 bits per heavy atom. The van der Waals surface area contributed by atoms with Crippen molar-refractivity contribution >= 4 is 17.4 Å². The van der Waals surface area contributed by atoms with E-state index in [1.54, 1.807) is 48.5 Å². The van der Waals surface area contributed by atoms with E-state index in [-0.39, 0.29) is 17.9 Å². The second kappa shape index (κ2) is 7.91. The quantitative estimate of drug-likeness (QED) is 0.392. The molecule has 6 heteroatoms. The van der Waals surface area contributed by atoms with Crippen molar-refractivity contribution in [3.8, 4) is 5.75 Å². The third-order valence-electron chi connectivity index (χ3n) is 5.20. The highest BCUT2D eigenvalue weighted by Crippen LogP contribution is 2.43. The van der Waals surface area contributed by atoms with E-state index in [0.717, 1.165) is 5.56 Å². The summed E-state index contributed by atoms with van der Waals surface area (Å²) in [5.41, 5.74) is 2.13. The molecule has 1 aromatic heterocycles. The van der Waals surface area contributed by atoms with Gasteiger partial charge in [-0.2, -0.15) is 0 Å². The summed E-state index contributed by atoms with van der Waals surface area (Å²) in [4.78, 5) is 27.4. The molecule has 2 aromatic carbocycles. The number of carbonyl (C=O) groups excluding carboxylic acids is 2. The van der Waals surface area contributed by atoms with Crippen LogP contribution in [0.1, 0.15) is 28.5 Å². The lowest BCUT2D eigenvalue weighted by Crippen LogP contribution is -2.29. The third-order valence-corrected chi connectivity index (χ3v) is 5.20. The number of benzene rings is 2. The number of hydrogen-bond donors (Lipinski definition) is 1. The average molecular weight is 403 g/mol. The number of nitrogens with zero attached hydrogens (tertiary/aromatic N) is 1. The van der Waals surface area contributed by atoms with Gasteiger partial charge in [0.1, 0.15) is 17.3 Å². The SMILES string of the molecule is COc1ccccc1C1/C(=C(\O)c2ccc(C)cc2)C(=O)C(=O)N1Cc1ccco1. The predicted octanol–water partition coefficient (Wildman–Crippen LogP) is 4.22. The first-order valence-corrected chi connectivity index (χ1v) is 9.52. The largest absolute Gasteiger partial charge is 0.507 e. The molecule has 1 aliphatic rings. The average Bonchev–Trinajstić information content (AvgIpc) is 3.36. The lowest BCUT2D eigenvalue weighted by atomic mass is 9.94. The van der Waals surface area contributed by atoms with Gasteiger partial charge < -0.3 is 19.2 Å². The van der Waals surface area contributed by atoms with Crippen LogP contribution in [0.25, 0.3) is 5.76 Å². The normalized spacial score (nSPS) is 18.1. The number of carbonyl (C=O) groups is 2. The summed E-state index contributed by atoms with van der Waals surface area (Å²) in [6.45, 7) is 2.02. The van der Waals surface area contributed by atoms with E-state index in [4.69, 9.17) is 9.15 Å². The highest BCUT2D eigenvalue weighted by Gasteiger charge is 2.47. The number of para-hydroxylation sites is 1. The summed E-state index contributed by atoms with van der Waals surface area (Å²) >= 11 is 0. The number of aliphatic hydroxyl groups is 1. The minimum absolute atomic E-state index is 0.0277. The number of methoxy groups -OCH3 is 1. The van der Waals surface area contributed by atoms with Crippen molar-refractivity contribution in [3.63, 3.8) is 0 Å². The molecule has 0 radical (unpaired) electrons. The molecule has 3 aromatic rings. The number of aliphatic hydroxyl groups excluding tert-OH is 1. The molecule has 0 aliphatic carbocycles. The number of aryl methyl sites for hydroxylation is 1. The Labute approximate surface area is 174 Å². The first-order valence-electron chi connectivity index (χ1n) is 9.52. The molecule has 1 amide bonds. The number of ketones is 1. The van der Waals surface area contributed by atoms with E-state index in [1.165, 1.54) is 18.3 Å². The topological polar surface area (TPSA) is 80.0 Å². The van der Waals surface area contributed by atoms with Crippen LogP contribution >= 0.6 is 0 Å². The highest BCUT2D eigenvalue weighted by molar-refractivity contribution is 6.46. The molecule has 0 saturated carbocycles. The van der Waals surface area contributed by atoms with Crippen LogP contribution in [0, 0.1) is 6.92 Å². The first kappa shape index (κ1) is 19.5. The fraction of sp³-hybridized carbons (Fsp3) is 0.167. The first-order chi connectivity index (χ1) is 14.5. The van der Waals surface area contributed by atoms with Gasteiger partial charge in [-0.15, -0.1) is 0 Å². The minimum atomic E-state index is -0.812. The number of amides is 1. The van der Waals surface area contributed by atoms with Gasteiger partial charge >= 0.3 is 0 Å². The zero-order chi connectivity index (χ0) is 21.3. The number of hydrogen-bond acceptors (Lipinski definition) is 5. The molecule has 2 heterocycles. The maximum atomic E-state index is 13.0. The summed E-state index contributed by atoms with van der Waals surface area (Å²) < 4.78 is 10.9. The third kappa shape index (κ3) is 3.37. The summed E-state index contributed by atoms with van der Waals surface area (Å²) in [5, 5.41) is 11.1. The van der Waals surface area contributed by atoms with Crippen molar-refractivity contribution in [3.05, 3.63) is 95.0 Å². The Bertz CT molecular complexity index is 1110. The Morgan fingerprint density at radius 1 is 1.07 bits per heavy atom. The van der Waals surface area contributed by atoms with E-state index >= 15 is 0 Å². The molecule has 1 N–H and O–H groups in total. The van der Waals surface area contributed by atoms with Crippen molar-refractivity contribution in [2.75, 3.05) is 7.11 Å². The molecule has 30 heavy (non-hydrogen) atoms. The molecular weight excluding hydrogens is 382 g/mol. The van der Waals surface area contributed by atoms with Crippen molar-refractivity contribution < 1.29 is 23.8 Å². The number of ether oxygens (including phenoxy) is 1. The molecule has 152 valence electrons. The summed E-state index contributed by atoms with van der Waals surface area (Å²) in [6, 6.07) is 16.9. The Hall–Kier alpha value is -3.80. The van der Waals surface area contributed by atoms with Gasteiger partial charge in [0, 0.05) is 11.1 Å². The smallest absolute Gasteiger partial charge is 0.296 e. The molecule has 1 saturated heterocycles. The maximum Gasteiger partial charge on any atom is 0.296 e. The fourth-order valence-electron chi connectivity index (χ4n) is 3.70. The van der Waals surface area contributed by atoms with Gasteiger partial charge in [0.2, 0.25) is 0 Å². The van der Waals surface area contributed by atoms with Crippen LogP contribution in [-0.4, -0.2) is 28.8 Å². The van der Waals surface area contributed by atoms with Crippen LogP contribution in [0.15, 0.2) is 76.9 Å². The number of furan rings is 1. The van der Waals surface area contributed by atoms with E-state index in [0.29, 0.717) is 22.6 Å². The van der Waals surface area contributed by atoms with Gasteiger partial charge in [0.25, 0.3) is 11.7 Å². The number of rotatable bonds is 5. The monoisotopic (exact) mass is 403 g/mol. The molecule has 0 spiro atoms. The van der Waals surface area contributed by atoms with E-state index < -0.39 is 17.7 Å². The van der Waals surface area contributed by atoms with Gasteiger partial charge in [-0.05, 0) is 25.1 Å². The van der Waals surface area contributed by atoms with Crippen LogP contribution in [0.3, 0.4) is 0 Å². The lowest BCUT2D eigenvalue weighted by molar-refractivity contribution is -0.140. The van der Waals surface area contributed by atoms with Gasteiger partial charge in [0.05, 0.1) is 31.5 Å². The predicted molar refractivity (Wildman–Crippen MR) is 111 cm³/mol. The van der Waals surface area contributed by atoms with Crippen LogP contribution in [0.5, 0.6) is 5.75 Å². The van der Waals surface area contributed by atoms with Crippen molar-refractivity contribution in [2.24, 2.45) is 0 Å². The van der Waals surface area contributed by atoms with Gasteiger partial charge in [-0.3, -0.25) is 9.59 Å². The molecule has 1 fully saturated rings. The van der Waals surface area contributed by atoms with Crippen LogP contribution < -0.4 is 4.74 Å². The zero-order valence-electron chi connectivity index (χ0n) is 16.7. The van der Waals surface area contributed by atoms with E-state index in [1.807, 2.05) is 19.1 Å². The summed E-state index contributed by atoms with van der Waals surface area (Å²) in [7, 11) is 1.53. The summed E-state index contributed by atoms with van der Waals surface area (Å²) in [6.07, 6.45) is 1.51. The van der Waals surface area contributed by atoms with Crippen molar-refractivity contribution in [1.82, 2.24) is 4.90 Å². The molecule has 1 aliphatic heterocycles. The molecule has 6 nitrogen and oxygen atoms in total. The fourth-order valence-corrected chi connectivity index (χ4v) is 3.70. The standard InChI is InChI=1S/C24H21NO5/c1-15-9-11-16(12-10-15)22(26)20-21(18-7-3-4-8-19(18)29-2)25(24(28)23(20)27)14-17-6-5-13-30-17/h3-13,21,26H,14H2,1-2H3/b22-20+. The Balaban J connectivity index is 1.90. The number of likely N-dealkylation sites (tertiary alicyclic amines) is 1. The second-order valence-electron chi connectivity index (χ2n) is 7.11. The van der Waals surface area contributed by atoms with Crippen molar-refractivity contribution in [2.45, 2.75) is 19.5 Å². The second-order valence-corrected chi connectivity index (χ2v) is 7.11. The molecular formula is C24H21NO5. The van der Waals surface area contributed by atoms with Gasteiger partial charge in [-0.25, -0.2) is 0 Å². The van der Waals surface area contributed by atoms with Crippen LogP contribution in [-0.2, 0) is 16.1 Å². The molecule has 4 rings (SSSR count). The molecule has 1 unspecified atom stereocenters. The van der Waals surface area contributed by atoms with Crippen molar-refractivity contribution in [1.29, 1.82) is 0 Å². The minimum Gasteiger partial charge on any atom is -0.507 e. The lowest BCUT2D eigenvalue weighted by Gasteiger charge is -2.25. The van der Waals surface area contributed by atoms with Crippen LogP contribution in [0.2, 0.25) is 0 Å². The van der Waals surface area contributed by atoms with E-state index in [2.05, 4.69) is 0 Å². The Kier molecular flexibility index (Phi) is 5.14. The Morgan fingerprint density at radius 2 is 1.80 bits per heavy atom. The van der Waals surface area contributed by atoms with E-state index in [9.17, 15) is 14.7 Å².